The molecule has 0 fully saturated rings. The molecular weight excluding hydrogens is 276 g/mol. The molecule has 2 rings (SSSR count). The van der Waals surface area contributed by atoms with Crippen LogP contribution in [0.4, 0.5) is 14.5 Å². The number of hydrogen-bond donors (Lipinski definition) is 1. The third-order valence-electron chi connectivity index (χ3n) is 2.98. The molecule has 0 saturated carbocycles. The van der Waals surface area contributed by atoms with Crippen LogP contribution in [0.25, 0.3) is 0 Å². The lowest BCUT2D eigenvalue weighted by atomic mass is 10.1. The summed E-state index contributed by atoms with van der Waals surface area (Å²) in [5, 5.41) is 2.93. The zero-order chi connectivity index (χ0) is 15.4. The van der Waals surface area contributed by atoms with E-state index in [4.69, 9.17) is 4.74 Å². The number of nitrogens with one attached hydrogen (secondary N) is 1. The number of hydrogen-bond acceptors (Lipinski definition) is 3. The van der Waals surface area contributed by atoms with E-state index in [1.54, 1.807) is 6.07 Å². The molecule has 1 atom stereocenters. The highest BCUT2D eigenvalue weighted by Gasteiger charge is 2.22. The van der Waals surface area contributed by atoms with Crippen LogP contribution in [0.5, 0.6) is 0 Å². The predicted octanol–water partition coefficient (Wildman–Crippen LogP) is 3.60. The van der Waals surface area contributed by atoms with Crippen molar-refractivity contribution in [1.29, 1.82) is 0 Å². The van der Waals surface area contributed by atoms with Gasteiger partial charge in [0.2, 0.25) is 0 Å². The van der Waals surface area contributed by atoms with Crippen molar-refractivity contribution in [1.82, 2.24) is 0 Å². The van der Waals surface area contributed by atoms with Crippen LogP contribution >= 0.6 is 0 Å². The van der Waals surface area contributed by atoms with Crippen molar-refractivity contribution in [2.45, 2.75) is 13.0 Å². The van der Waals surface area contributed by atoms with Crippen molar-refractivity contribution < 1.29 is 18.3 Å². The van der Waals surface area contributed by atoms with Gasteiger partial charge in [-0.1, -0.05) is 12.1 Å². The Labute approximate surface area is 121 Å². The van der Waals surface area contributed by atoms with Crippen LogP contribution in [0.1, 0.15) is 17.2 Å². The molecule has 110 valence electrons. The monoisotopic (exact) mass is 291 g/mol. The average Bonchev–Trinajstić information content (AvgIpc) is 2.43. The molecule has 0 aliphatic carbocycles. The summed E-state index contributed by atoms with van der Waals surface area (Å²) in [4.78, 5) is 11.9. The number of halogens is 2. The molecule has 0 radical (unpaired) electrons. The van der Waals surface area contributed by atoms with E-state index >= 15 is 0 Å². The molecule has 0 aliphatic rings. The molecule has 0 aromatic heterocycles. The van der Waals surface area contributed by atoms with Crippen molar-refractivity contribution in [2.75, 3.05) is 12.4 Å². The number of aryl methyl sites for hydroxylation is 1. The SMILES string of the molecule is COC(=O)C(Nc1cccc(C)c1)c1cc(F)cc(F)c1. The molecule has 0 amide bonds. The van der Waals surface area contributed by atoms with Gasteiger partial charge >= 0.3 is 5.97 Å². The number of anilines is 1. The number of benzene rings is 2. The van der Waals surface area contributed by atoms with Crippen molar-refractivity contribution >= 4 is 11.7 Å². The second-order valence-electron chi connectivity index (χ2n) is 4.67. The number of carbonyl (C=O) groups is 1. The number of rotatable bonds is 4. The average molecular weight is 291 g/mol. The fourth-order valence-electron chi connectivity index (χ4n) is 2.04. The van der Waals surface area contributed by atoms with E-state index in [9.17, 15) is 13.6 Å². The second kappa shape index (κ2) is 6.35. The summed E-state index contributed by atoms with van der Waals surface area (Å²) in [5.74, 6) is -2.11. The van der Waals surface area contributed by atoms with Gasteiger partial charge in [0.1, 0.15) is 11.6 Å². The molecule has 0 spiro atoms. The van der Waals surface area contributed by atoms with E-state index in [0.717, 1.165) is 23.8 Å². The minimum absolute atomic E-state index is 0.167. The highest BCUT2D eigenvalue weighted by atomic mass is 19.1. The van der Waals surface area contributed by atoms with Gasteiger partial charge in [-0.15, -0.1) is 0 Å². The minimum atomic E-state index is -0.984. The van der Waals surface area contributed by atoms with Crippen LogP contribution in [0, 0.1) is 18.6 Å². The molecular formula is C16H15F2NO2. The Balaban J connectivity index is 2.36. The summed E-state index contributed by atoms with van der Waals surface area (Å²) in [6, 6.07) is 9.29. The lowest BCUT2D eigenvalue weighted by Crippen LogP contribution is -2.22. The van der Waals surface area contributed by atoms with Crippen LogP contribution in [0.3, 0.4) is 0 Å². The fourth-order valence-corrected chi connectivity index (χ4v) is 2.04. The summed E-state index contributed by atoms with van der Waals surface area (Å²) in [6.45, 7) is 1.90. The molecule has 1 unspecified atom stereocenters. The van der Waals surface area contributed by atoms with Crippen LogP contribution in [0.15, 0.2) is 42.5 Å². The third kappa shape index (κ3) is 3.78. The van der Waals surface area contributed by atoms with Gasteiger partial charge in [0.25, 0.3) is 0 Å². The Morgan fingerprint density at radius 1 is 1.14 bits per heavy atom. The molecule has 0 bridgehead atoms. The quantitative estimate of drug-likeness (QED) is 0.875. The van der Waals surface area contributed by atoms with Gasteiger partial charge < -0.3 is 10.1 Å². The number of methoxy groups -OCH3 is 1. The molecule has 5 heteroatoms. The van der Waals surface area contributed by atoms with Crippen LogP contribution in [-0.4, -0.2) is 13.1 Å². The number of carbonyl (C=O) groups excluding carboxylic acids is 1. The van der Waals surface area contributed by atoms with Crippen molar-refractivity contribution in [3.63, 3.8) is 0 Å². The van der Waals surface area contributed by atoms with Gasteiger partial charge in [0.05, 0.1) is 7.11 Å². The fraction of sp³-hybridized carbons (Fsp3) is 0.188. The van der Waals surface area contributed by atoms with Gasteiger partial charge in [0, 0.05) is 11.8 Å². The minimum Gasteiger partial charge on any atom is -0.467 e. The molecule has 0 heterocycles. The Morgan fingerprint density at radius 3 is 2.38 bits per heavy atom. The second-order valence-corrected chi connectivity index (χ2v) is 4.67. The molecule has 21 heavy (non-hydrogen) atoms. The first kappa shape index (κ1) is 15.0. The largest absolute Gasteiger partial charge is 0.467 e. The zero-order valence-electron chi connectivity index (χ0n) is 11.7. The highest BCUT2D eigenvalue weighted by Crippen LogP contribution is 2.23. The zero-order valence-corrected chi connectivity index (χ0v) is 11.7. The Hall–Kier alpha value is -2.43. The van der Waals surface area contributed by atoms with E-state index in [2.05, 4.69) is 5.32 Å². The molecule has 1 N–H and O–H groups in total. The molecule has 0 aliphatic heterocycles. The van der Waals surface area contributed by atoms with E-state index in [1.807, 2.05) is 25.1 Å². The lowest BCUT2D eigenvalue weighted by molar-refractivity contribution is -0.141. The molecule has 2 aromatic rings. The van der Waals surface area contributed by atoms with E-state index in [1.165, 1.54) is 7.11 Å². The summed E-state index contributed by atoms with van der Waals surface area (Å²) >= 11 is 0. The van der Waals surface area contributed by atoms with E-state index in [0.29, 0.717) is 5.69 Å². The first-order chi connectivity index (χ1) is 9.99. The highest BCUT2D eigenvalue weighted by molar-refractivity contribution is 5.81. The van der Waals surface area contributed by atoms with Crippen LogP contribution in [-0.2, 0) is 9.53 Å². The smallest absolute Gasteiger partial charge is 0.332 e. The van der Waals surface area contributed by atoms with Crippen LogP contribution < -0.4 is 5.32 Å². The van der Waals surface area contributed by atoms with Crippen molar-refractivity contribution in [3.8, 4) is 0 Å². The summed E-state index contributed by atoms with van der Waals surface area (Å²) in [6.07, 6.45) is 0. The number of esters is 1. The Morgan fingerprint density at radius 2 is 1.81 bits per heavy atom. The topological polar surface area (TPSA) is 38.3 Å². The van der Waals surface area contributed by atoms with Gasteiger partial charge in [-0.2, -0.15) is 0 Å². The summed E-state index contributed by atoms with van der Waals surface area (Å²) in [7, 11) is 1.23. The first-order valence-electron chi connectivity index (χ1n) is 6.36. The predicted molar refractivity (Wildman–Crippen MR) is 75.9 cm³/mol. The maximum Gasteiger partial charge on any atom is 0.332 e. The van der Waals surface area contributed by atoms with Crippen molar-refractivity contribution in [2.24, 2.45) is 0 Å². The summed E-state index contributed by atoms with van der Waals surface area (Å²) < 4.78 is 31.4. The normalized spacial score (nSPS) is 11.8. The van der Waals surface area contributed by atoms with E-state index in [-0.39, 0.29) is 5.56 Å². The molecule has 0 saturated heterocycles. The maximum atomic E-state index is 13.3. The van der Waals surface area contributed by atoms with E-state index < -0.39 is 23.6 Å². The van der Waals surface area contributed by atoms with Crippen LogP contribution in [0.2, 0.25) is 0 Å². The van der Waals surface area contributed by atoms with Gasteiger partial charge in [-0.3, -0.25) is 0 Å². The maximum absolute atomic E-state index is 13.3. The molecule has 2 aromatic carbocycles. The first-order valence-corrected chi connectivity index (χ1v) is 6.36. The number of ether oxygens (including phenoxy) is 1. The van der Waals surface area contributed by atoms with Gasteiger partial charge in [0.15, 0.2) is 6.04 Å². The third-order valence-corrected chi connectivity index (χ3v) is 2.98. The molecule has 3 nitrogen and oxygen atoms in total. The van der Waals surface area contributed by atoms with Crippen molar-refractivity contribution in [3.05, 3.63) is 65.2 Å². The summed E-state index contributed by atoms with van der Waals surface area (Å²) in [5.41, 5.74) is 1.82. The van der Waals surface area contributed by atoms with Gasteiger partial charge in [-0.25, -0.2) is 13.6 Å². The van der Waals surface area contributed by atoms with Gasteiger partial charge in [-0.05, 0) is 42.3 Å². The Kier molecular flexibility index (Phi) is 4.52. The standard InChI is InChI=1S/C16H15F2NO2/c1-10-4-3-5-14(6-10)19-15(16(20)21-2)11-7-12(17)9-13(18)8-11/h3-9,15,19H,1-2H3. The Bertz CT molecular complexity index is 638. The lowest BCUT2D eigenvalue weighted by Gasteiger charge is -2.18.